The van der Waals surface area contributed by atoms with Crippen LogP contribution in [0.5, 0.6) is 0 Å². The predicted molar refractivity (Wildman–Crippen MR) is 85.3 cm³/mol. The van der Waals surface area contributed by atoms with E-state index in [1.54, 1.807) is 0 Å². The quantitative estimate of drug-likeness (QED) is 0.785. The fourth-order valence-corrected chi connectivity index (χ4v) is 3.58. The van der Waals surface area contributed by atoms with Crippen molar-refractivity contribution in [3.05, 3.63) is 0 Å². The number of nitrogens with zero attached hydrogens (tertiary/aromatic N) is 1. The maximum absolute atomic E-state index is 12.6. The van der Waals surface area contributed by atoms with Gasteiger partial charge in [0.25, 0.3) is 5.91 Å². The zero-order chi connectivity index (χ0) is 15.1. The summed E-state index contributed by atoms with van der Waals surface area (Å²) in [5.41, 5.74) is 0. The van der Waals surface area contributed by atoms with Crippen molar-refractivity contribution in [2.24, 2.45) is 5.92 Å². The largest absolute Gasteiger partial charge is 0.365 e. The first-order valence-electron chi connectivity index (χ1n) is 8.83. The van der Waals surface area contributed by atoms with Gasteiger partial charge in [-0.2, -0.15) is 0 Å². The normalized spacial score (nSPS) is 22.7. The van der Waals surface area contributed by atoms with Crippen molar-refractivity contribution in [1.29, 1.82) is 0 Å². The Balaban J connectivity index is 1.76. The van der Waals surface area contributed by atoms with Gasteiger partial charge in [-0.3, -0.25) is 4.79 Å². The second-order valence-electron chi connectivity index (χ2n) is 6.60. The average Bonchev–Trinajstić information content (AvgIpc) is 3.03. The molecule has 2 rings (SSSR count). The Bertz CT molecular complexity index is 308. The number of piperidine rings is 1. The topological polar surface area (TPSA) is 41.6 Å². The molecule has 1 saturated carbocycles. The van der Waals surface area contributed by atoms with E-state index in [-0.39, 0.29) is 12.0 Å². The monoisotopic (exact) mass is 296 g/mol. The van der Waals surface area contributed by atoms with Crippen molar-refractivity contribution in [2.75, 3.05) is 26.7 Å². The van der Waals surface area contributed by atoms with Gasteiger partial charge in [-0.15, -0.1) is 0 Å². The van der Waals surface area contributed by atoms with Crippen LogP contribution in [0.2, 0.25) is 0 Å². The lowest BCUT2D eigenvalue weighted by Gasteiger charge is -2.34. The number of ether oxygens (including phenoxy) is 1. The summed E-state index contributed by atoms with van der Waals surface area (Å²) in [7, 11) is 2.00. The Kier molecular flexibility index (Phi) is 6.97. The molecule has 0 spiro atoms. The van der Waals surface area contributed by atoms with Gasteiger partial charge in [-0.1, -0.05) is 19.8 Å². The molecule has 1 aliphatic carbocycles. The number of likely N-dealkylation sites (tertiary alicyclic amines) is 1. The zero-order valence-corrected chi connectivity index (χ0v) is 13.8. The molecule has 0 bridgehead atoms. The van der Waals surface area contributed by atoms with Gasteiger partial charge >= 0.3 is 0 Å². The van der Waals surface area contributed by atoms with Gasteiger partial charge in [0.05, 0.1) is 6.10 Å². The van der Waals surface area contributed by atoms with Crippen molar-refractivity contribution in [3.8, 4) is 0 Å². The van der Waals surface area contributed by atoms with Crippen LogP contribution in [0.15, 0.2) is 0 Å². The summed E-state index contributed by atoms with van der Waals surface area (Å²) < 4.78 is 6.07. The van der Waals surface area contributed by atoms with E-state index in [2.05, 4.69) is 12.2 Å². The number of hydrogen-bond acceptors (Lipinski definition) is 3. The van der Waals surface area contributed by atoms with Crippen molar-refractivity contribution in [1.82, 2.24) is 10.2 Å². The first kappa shape index (κ1) is 16.8. The van der Waals surface area contributed by atoms with Crippen molar-refractivity contribution in [3.63, 3.8) is 0 Å². The van der Waals surface area contributed by atoms with E-state index >= 15 is 0 Å². The fraction of sp³-hybridized carbons (Fsp3) is 0.941. The minimum absolute atomic E-state index is 0.207. The molecule has 0 radical (unpaired) electrons. The smallest absolute Gasteiger partial charge is 0.251 e. The fourth-order valence-electron chi connectivity index (χ4n) is 3.58. The van der Waals surface area contributed by atoms with Crippen LogP contribution in [-0.2, 0) is 9.53 Å². The molecule has 1 heterocycles. The van der Waals surface area contributed by atoms with Crippen molar-refractivity contribution in [2.45, 2.75) is 70.5 Å². The number of hydrogen-bond donors (Lipinski definition) is 1. The molecular weight excluding hydrogens is 264 g/mol. The maximum atomic E-state index is 12.6. The molecule has 1 aliphatic heterocycles. The third kappa shape index (κ3) is 4.96. The first-order chi connectivity index (χ1) is 10.2. The molecule has 0 aromatic rings. The first-order valence-corrected chi connectivity index (χ1v) is 8.83. The van der Waals surface area contributed by atoms with Crippen LogP contribution in [0.4, 0.5) is 0 Å². The van der Waals surface area contributed by atoms with Crippen molar-refractivity contribution >= 4 is 5.91 Å². The third-order valence-corrected chi connectivity index (χ3v) is 5.03. The van der Waals surface area contributed by atoms with Gasteiger partial charge in [0.15, 0.2) is 0 Å². The minimum Gasteiger partial charge on any atom is -0.365 e. The van der Waals surface area contributed by atoms with Crippen LogP contribution in [0.1, 0.15) is 58.3 Å². The lowest BCUT2D eigenvalue weighted by molar-refractivity contribution is -0.149. The van der Waals surface area contributed by atoms with Gasteiger partial charge in [0.1, 0.15) is 6.10 Å². The van der Waals surface area contributed by atoms with E-state index in [1.807, 2.05) is 11.9 Å². The molecule has 2 fully saturated rings. The molecule has 0 aromatic carbocycles. The van der Waals surface area contributed by atoms with Crippen molar-refractivity contribution < 1.29 is 9.53 Å². The van der Waals surface area contributed by atoms with Gasteiger partial charge in [0, 0.05) is 13.1 Å². The van der Waals surface area contributed by atoms with Crippen LogP contribution in [0, 0.1) is 5.92 Å². The number of nitrogens with one attached hydrogen (secondary N) is 1. The molecule has 122 valence electrons. The molecule has 4 nitrogen and oxygen atoms in total. The number of amides is 1. The van der Waals surface area contributed by atoms with Gasteiger partial charge in [0.2, 0.25) is 0 Å². The molecular formula is C17H32N2O2. The summed E-state index contributed by atoms with van der Waals surface area (Å²) >= 11 is 0. The Morgan fingerprint density at radius 3 is 2.48 bits per heavy atom. The Morgan fingerprint density at radius 1 is 1.24 bits per heavy atom. The summed E-state index contributed by atoms with van der Waals surface area (Å²) in [5, 5.41) is 3.22. The van der Waals surface area contributed by atoms with Gasteiger partial charge in [-0.05, 0) is 58.0 Å². The third-order valence-electron chi connectivity index (χ3n) is 5.03. The van der Waals surface area contributed by atoms with E-state index in [0.29, 0.717) is 6.10 Å². The molecule has 1 atom stereocenters. The summed E-state index contributed by atoms with van der Waals surface area (Å²) in [5.74, 6) is 1.01. The van der Waals surface area contributed by atoms with E-state index in [4.69, 9.17) is 4.74 Å². The van der Waals surface area contributed by atoms with Gasteiger partial charge < -0.3 is 15.0 Å². The highest BCUT2D eigenvalue weighted by Crippen LogP contribution is 2.25. The molecule has 1 saturated heterocycles. The highest BCUT2D eigenvalue weighted by Gasteiger charge is 2.30. The molecule has 1 amide bonds. The highest BCUT2D eigenvalue weighted by atomic mass is 16.5. The van der Waals surface area contributed by atoms with Gasteiger partial charge in [-0.25, -0.2) is 0 Å². The summed E-state index contributed by atoms with van der Waals surface area (Å²) in [6.07, 6.45) is 9.22. The summed E-state index contributed by atoms with van der Waals surface area (Å²) in [4.78, 5) is 14.7. The highest BCUT2D eigenvalue weighted by molar-refractivity contribution is 5.81. The zero-order valence-electron chi connectivity index (χ0n) is 13.8. The van der Waals surface area contributed by atoms with Crippen LogP contribution >= 0.6 is 0 Å². The summed E-state index contributed by atoms with van der Waals surface area (Å²) in [6.45, 7) is 4.98. The molecule has 2 aliphatic rings. The Morgan fingerprint density at radius 2 is 1.90 bits per heavy atom. The van der Waals surface area contributed by atoms with E-state index in [1.165, 1.54) is 19.3 Å². The SMILES string of the molecule is CCC(OC1CCCC1)C(=O)N1CCC(CCNC)CC1. The number of carbonyl (C=O) groups excluding carboxylic acids is 1. The molecule has 4 heteroatoms. The lowest BCUT2D eigenvalue weighted by atomic mass is 9.93. The minimum atomic E-state index is -0.207. The predicted octanol–water partition coefficient (Wildman–Crippen LogP) is 2.57. The average molecular weight is 296 g/mol. The number of rotatable bonds is 7. The summed E-state index contributed by atoms with van der Waals surface area (Å²) in [6, 6.07) is 0. The van der Waals surface area contributed by atoms with Crippen LogP contribution < -0.4 is 5.32 Å². The lowest BCUT2D eigenvalue weighted by Crippen LogP contribution is -2.45. The second-order valence-corrected chi connectivity index (χ2v) is 6.60. The Labute approximate surface area is 129 Å². The van der Waals surface area contributed by atoms with E-state index < -0.39 is 0 Å². The molecule has 0 aromatic heterocycles. The van der Waals surface area contributed by atoms with E-state index in [0.717, 1.165) is 57.7 Å². The standard InChI is InChI=1S/C17H32N2O2/c1-3-16(21-15-6-4-5-7-15)17(20)19-12-9-14(10-13-19)8-11-18-2/h14-16,18H,3-13H2,1-2H3. The molecule has 1 unspecified atom stereocenters. The van der Waals surface area contributed by atoms with Crippen LogP contribution in [-0.4, -0.2) is 49.7 Å². The maximum Gasteiger partial charge on any atom is 0.251 e. The second kappa shape index (κ2) is 8.74. The van der Waals surface area contributed by atoms with Crippen LogP contribution in [0.25, 0.3) is 0 Å². The van der Waals surface area contributed by atoms with Crippen LogP contribution in [0.3, 0.4) is 0 Å². The van der Waals surface area contributed by atoms with E-state index in [9.17, 15) is 4.79 Å². The number of carbonyl (C=O) groups is 1. The molecule has 1 N–H and O–H groups in total. The Hall–Kier alpha value is -0.610. The molecule has 21 heavy (non-hydrogen) atoms.